The van der Waals surface area contributed by atoms with Gasteiger partial charge in [0.2, 0.25) is 11.8 Å². The van der Waals surface area contributed by atoms with E-state index in [0.717, 1.165) is 19.3 Å². The molecule has 3 unspecified atom stereocenters. The van der Waals surface area contributed by atoms with Gasteiger partial charge >= 0.3 is 0 Å². The summed E-state index contributed by atoms with van der Waals surface area (Å²) in [6.45, 7) is 2.47. The normalized spacial score (nSPS) is 25.5. The number of rotatable bonds is 7. The number of carbonyl (C=O) groups is 3. The smallest absolute Gasteiger partial charge is 0.258 e. The molecular weight excluding hydrogens is 442 g/mol. The van der Waals surface area contributed by atoms with Crippen LogP contribution in [0.15, 0.2) is 54.6 Å². The van der Waals surface area contributed by atoms with Crippen LogP contribution in [0.1, 0.15) is 61.0 Å². The molecule has 0 spiro atoms. The van der Waals surface area contributed by atoms with Crippen LogP contribution >= 0.6 is 0 Å². The molecule has 8 nitrogen and oxygen atoms in total. The van der Waals surface area contributed by atoms with Crippen molar-refractivity contribution >= 4 is 23.4 Å². The monoisotopic (exact) mass is 475 g/mol. The highest BCUT2D eigenvalue weighted by molar-refractivity contribution is 6.11. The van der Waals surface area contributed by atoms with Crippen LogP contribution in [0.3, 0.4) is 0 Å². The highest BCUT2D eigenvalue weighted by Crippen LogP contribution is 2.43. The first-order valence-electron chi connectivity index (χ1n) is 12.4. The zero-order valence-electron chi connectivity index (χ0n) is 20.4. The van der Waals surface area contributed by atoms with Crippen LogP contribution in [0.4, 0.5) is 5.69 Å². The predicted molar refractivity (Wildman–Crippen MR) is 133 cm³/mol. The van der Waals surface area contributed by atoms with E-state index in [1.54, 1.807) is 33.9 Å². The Hall–Kier alpha value is -3.23. The minimum atomic E-state index is -0.815. The Morgan fingerprint density at radius 1 is 1.09 bits per heavy atom. The van der Waals surface area contributed by atoms with Crippen LogP contribution in [0, 0.1) is 0 Å². The maximum Gasteiger partial charge on any atom is 0.258 e. The Kier molecular flexibility index (Phi) is 6.34. The maximum absolute atomic E-state index is 13.4. The van der Waals surface area contributed by atoms with Gasteiger partial charge < -0.3 is 9.80 Å². The van der Waals surface area contributed by atoms with Gasteiger partial charge in [0.1, 0.15) is 12.2 Å². The van der Waals surface area contributed by atoms with E-state index >= 15 is 0 Å². The fourth-order valence-electron chi connectivity index (χ4n) is 5.61. The molecule has 0 aliphatic carbocycles. The van der Waals surface area contributed by atoms with E-state index in [1.807, 2.05) is 25.1 Å². The first-order chi connectivity index (χ1) is 16.9. The van der Waals surface area contributed by atoms with Crippen LogP contribution < -0.4 is 15.8 Å². The molecule has 3 aliphatic rings. The molecule has 35 heavy (non-hydrogen) atoms. The number of hydrogen-bond acceptors (Lipinski definition) is 5. The van der Waals surface area contributed by atoms with Crippen molar-refractivity contribution in [3.8, 4) is 0 Å². The average molecular weight is 476 g/mol. The van der Waals surface area contributed by atoms with Gasteiger partial charge in [-0.05, 0) is 50.3 Å². The molecule has 0 radical (unpaired) electrons. The van der Waals surface area contributed by atoms with Gasteiger partial charge in [-0.1, -0.05) is 42.5 Å². The van der Waals surface area contributed by atoms with E-state index < -0.39 is 5.66 Å². The van der Waals surface area contributed by atoms with Gasteiger partial charge in [0, 0.05) is 32.1 Å². The highest BCUT2D eigenvalue weighted by Gasteiger charge is 2.53. The third-order valence-corrected chi connectivity index (χ3v) is 7.69. The van der Waals surface area contributed by atoms with Crippen molar-refractivity contribution in [3.05, 3.63) is 65.7 Å². The fraction of sp³-hybridized carbons (Fsp3) is 0.444. The Morgan fingerprint density at radius 3 is 2.63 bits per heavy atom. The van der Waals surface area contributed by atoms with E-state index in [4.69, 9.17) is 0 Å². The lowest BCUT2D eigenvalue weighted by atomic mass is 9.98. The van der Waals surface area contributed by atoms with Gasteiger partial charge in [0.15, 0.2) is 0 Å². The molecule has 0 bridgehead atoms. The predicted octanol–water partition coefficient (Wildman–Crippen LogP) is 2.83. The molecule has 3 atom stereocenters. The van der Waals surface area contributed by atoms with Crippen molar-refractivity contribution in [3.63, 3.8) is 0 Å². The van der Waals surface area contributed by atoms with Gasteiger partial charge in [-0.3, -0.25) is 30.1 Å². The molecule has 8 heteroatoms. The zero-order valence-corrected chi connectivity index (χ0v) is 20.4. The number of anilines is 1. The molecule has 2 saturated heterocycles. The standard InChI is InChI=1S/C27H33N5O3/c1-27-15-14-24(33)32(27)23-13-7-6-12-21(23)26(35)31(27)18-25(34)30(2)16-8-11-20-17-22(29-28-20)19-9-4-3-5-10-19/h3-7,9-10,12-13,20,22,28-29H,8,11,14-18H2,1-2H3. The zero-order chi connectivity index (χ0) is 24.6. The summed E-state index contributed by atoms with van der Waals surface area (Å²) in [4.78, 5) is 44.2. The number of fused-ring (bicyclic) bond motifs is 3. The summed E-state index contributed by atoms with van der Waals surface area (Å²) in [5, 5.41) is 0. The van der Waals surface area contributed by atoms with Crippen molar-refractivity contribution in [2.75, 3.05) is 25.0 Å². The van der Waals surface area contributed by atoms with Crippen LogP contribution in [0.5, 0.6) is 0 Å². The Bertz CT molecular complexity index is 1120. The summed E-state index contributed by atoms with van der Waals surface area (Å²) in [5.41, 5.74) is 8.33. The second kappa shape index (κ2) is 9.43. The highest BCUT2D eigenvalue weighted by atomic mass is 16.2. The summed E-state index contributed by atoms with van der Waals surface area (Å²) in [5.74, 6) is -0.313. The van der Waals surface area contributed by atoms with E-state index in [-0.39, 0.29) is 24.3 Å². The molecule has 2 fully saturated rings. The lowest BCUT2D eigenvalue weighted by Gasteiger charge is -2.48. The topological polar surface area (TPSA) is 85.0 Å². The lowest BCUT2D eigenvalue weighted by molar-refractivity contribution is -0.132. The second-order valence-corrected chi connectivity index (χ2v) is 10.00. The first kappa shape index (κ1) is 23.5. The number of para-hydroxylation sites is 1. The number of benzene rings is 2. The van der Waals surface area contributed by atoms with E-state index in [0.29, 0.717) is 42.7 Å². The number of amides is 3. The van der Waals surface area contributed by atoms with Crippen molar-refractivity contribution in [1.82, 2.24) is 20.7 Å². The molecule has 3 heterocycles. The Labute approximate surface area is 206 Å². The van der Waals surface area contributed by atoms with E-state index in [2.05, 4.69) is 35.1 Å². The van der Waals surface area contributed by atoms with Crippen molar-refractivity contribution in [2.24, 2.45) is 0 Å². The summed E-state index contributed by atoms with van der Waals surface area (Å²) >= 11 is 0. The van der Waals surface area contributed by atoms with Crippen LogP contribution in [0.2, 0.25) is 0 Å². The van der Waals surface area contributed by atoms with E-state index in [9.17, 15) is 14.4 Å². The maximum atomic E-state index is 13.4. The SMILES string of the molecule is CN(CCCC1CC(c2ccccc2)NN1)C(=O)CN1C(=O)c2ccccc2N2C(=O)CCC12C. The molecule has 5 rings (SSSR count). The quantitative estimate of drug-likeness (QED) is 0.643. The van der Waals surface area contributed by atoms with Gasteiger partial charge in [-0.15, -0.1) is 0 Å². The van der Waals surface area contributed by atoms with Crippen molar-refractivity contribution in [1.29, 1.82) is 0 Å². The van der Waals surface area contributed by atoms with Gasteiger partial charge in [-0.25, -0.2) is 0 Å². The Morgan fingerprint density at radius 2 is 1.83 bits per heavy atom. The number of nitrogens with zero attached hydrogens (tertiary/aromatic N) is 3. The third-order valence-electron chi connectivity index (χ3n) is 7.69. The van der Waals surface area contributed by atoms with Crippen molar-refractivity contribution in [2.45, 2.75) is 56.8 Å². The average Bonchev–Trinajstić information content (AvgIpc) is 3.47. The second-order valence-electron chi connectivity index (χ2n) is 10.00. The molecular formula is C27H33N5O3. The molecule has 184 valence electrons. The molecule has 2 N–H and O–H groups in total. The molecule has 2 aromatic rings. The number of hydrogen-bond donors (Lipinski definition) is 2. The summed E-state index contributed by atoms with van der Waals surface area (Å²) in [7, 11) is 1.79. The van der Waals surface area contributed by atoms with Crippen LogP contribution in [0.25, 0.3) is 0 Å². The molecule has 2 aromatic carbocycles. The molecule has 0 saturated carbocycles. The number of likely N-dealkylation sites (N-methyl/N-ethyl adjacent to an activating group) is 1. The largest absolute Gasteiger partial charge is 0.344 e. The van der Waals surface area contributed by atoms with Gasteiger partial charge in [0.25, 0.3) is 5.91 Å². The number of carbonyl (C=O) groups excluding carboxylic acids is 3. The van der Waals surface area contributed by atoms with Crippen LogP contribution in [-0.2, 0) is 9.59 Å². The Balaban J connectivity index is 1.17. The third kappa shape index (κ3) is 4.32. The van der Waals surface area contributed by atoms with E-state index in [1.165, 1.54) is 5.56 Å². The summed E-state index contributed by atoms with van der Waals surface area (Å²) in [6, 6.07) is 18.2. The number of hydrazine groups is 1. The summed E-state index contributed by atoms with van der Waals surface area (Å²) in [6.07, 6.45) is 3.70. The van der Waals surface area contributed by atoms with Gasteiger partial charge in [-0.2, -0.15) is 0 Å². The minimum Gasteiger partial charge on any atom is -0.344 e. The first-order valence-corrected chi connectivity index (χ1v) is 12.4. The lowest BCUT2D eigenvalue weighted by Crippen LogP contribution is -2.63. The molecule has 3 aliphatic heterocycles. The van der Waals surface area contributed by atoms with Crippen LogP contribution in [-0.4, -0.2) is 59.4 Å². The molecule has 3 amide bonds. The fourth-order valence-corrected chi connectivity index (χ4v) is 5.61. The summed E-state index contributed by atoms with van der Waals surface area (Å²) < 4.78 is 0. The van der Waals surface area contributed by atoms with Gasteiger partial charge in [0.05, 0.1) is 11.3 Å². The minimum absolute atomic E-state index is 0.00951. The number of nitrogens with one attached hydrogen (secondary N) is 2. The molecule has 0 aromatic heterocycles. The van der Waals surface area contributed by atoms with Crippen molar-refractivity contribution < 1.29 is 14.4 Å².